The van der Waals surface area contributed by atoms with Crippen LogP contribution in [0.15, 0.2) is 48.5 Å². The molecule has 40 heavy (non-hydrogen) atoms. The topological polar surface area (TPSA) is 9.23 Å². The van der Waals surface area contributed by atoms with Gasteiger partial charge in [-0.05, 0) is 72.8 Å². The summed E-state index contributed by atoms with van der Waals surface area (Å²) in [6.45, 7) is 4.65. The van der Waals surface area contributed by atoms with Crippen LogP contribution in [0.4, 0.5) is 17.6 Å². The molecule has 1 aliphatic carbocycles. The Labute approximate surface area is 237 Å². The quantitative estimate of drug-likeness (QED) is 0.151. The molecule has 0 amide bonds. The van der Waals surface area contributed by atoms with E-state index in [1.807, 2.05) is 0 Å². The molecule has 0 unspecified atom stereocenters. The van der Waals surface area contributed by atoms with E-state index in [2.05, 4.69) is 13.8 Å². The first-order chi connectivity index (χ1) is 19.4. The lowest BCUT2D eigenvalue weighted by atomic mass is 9.76. The number of halogens is 4. The average molecular weight is 555 g/mol. The first kappa shape index (κ1) is 30.1. The van der Waals surface area contributed by atoms with E-state index < -0.39 is 23.3 Å². The van der Waals surface area contributed by atoms with Gasteiger partial charge in [0.05, 0.1) is 6.61 Å². The fourth-order valence-electron chi connectivity index (χ4n) is 5.95. The fraction of sp³-hybridized carbons (Fsp3) is 0.486. The smallest absolute Gasteiger partial charge is 0.201 e. The minimum Gasteiger partial charge on any atom is -0.490 e. The van der Waals surface area contributed by atoms with E-state index >= 15 is 8.78 Å². The molecule has 3 aromatic carbocycles. The SMILES string of the molecule is CCCCCCOc1ccc(-c2ccc(-c3ccc(C4CCC(CCCCC)CC4)c(F)c3F)cc2)c(F)c1F. The second kappa shape index (κ2) is 14.7. The van der Waals surface area contributed by atoms with Gasteiger partial charge in [0.25, 0.3) is 0 Å². The monoisotopic (exact) mass is 554 g/mol. The van der Waals surface area contributed by atoms with Crippen LogP contribution in [-0.2, 0) is 0 Å². The summed E-state index contributed by atoms with van der Waals surface area (Å²) in [6, 6.07) is 12.7. The van der Waals surface area contributed by atoms with Gasteiger partial charge in [-0.15, -0.1) is 0 Å². The van der Waals surface area contributed by atoms with Crippen molar-refractivity contribution in [1.82, 2.24) is 0 Å². The van der Waals surface area contributed by atoms with Crippen LogP contribution in [0.3, 0.4) is 0 Å². The molecule has 1 fully saturated rings. The molecular formula is C35H42F4O. The first-order valence-electron chi connectivity index (χ1n) is 15.1. The summed E-state index contributed by atoms with van der Waals surface area (Å²) < 4.78 is 65.4. The third-order valence-corrected chi connectivity index (χ3v) is 8.42. The Morgan fingerprint density at radius 3 is 1.80 bits per heavy atom. The fourth-order valence-corrected chi connectivity index (χ4v) is 5.95. The standard InChI is InChI=1S/C35H42F4O/c1-3-5-7-9-23-40-31-22-21-30(34(38)35(31)39)27-17-15-26(16-18-27)29-20-19-28(32(36)33(29)37)25-13-11-24(12-14-25)10-8-6-4-2/h15-22,24-25H,3-14,23H2,1-2H3. The number of ether oxygens (including phenoxy) is 1. The molecule has 0 bridgehead atoms. The van der Waals surface area contributed by atoms with Crippen LogP contribution >= 0.6 is 0 Å². The second-order valence-corrected chi connectivity index (χ2v) is 11.3. The van der Waals surface area contributed by atoms with Gasteiger partial charge < -0.3 is 4.74 Å². The van der Waals surface area contributed by atoms with Crippen LogP contribution in [0, 0.1) is 29.2 Å². The first-order valence-corrected chi connectivity index (χ1v) is 15.1. The molecule has 4 rings (SSSR count). The lowest BCUT2D eigenvalue weighted by Gasteiger charge is -2.29. The molecule has 0 aromatic heterocycles. The van der Waals surface area contributed by atoms with Crippen molar-refractivity contribution >= 4 is 0 Å². The highest BCUT2D eigenvalue weighted by Crippen LogP contribution is 2.40. The van der Waals surface area contributed by atoms with Crippen molar-refractivity contribution < 1.29 is 22.3 Å². The van der Waals surface area contributed by atoms with Crippen LogP contribution in [0.5, 0.6) is 5.75 Å². The van der Waals surface area contributed by atoms with Crippen LogP contribution in [0.25, 0.3) is 22.3 Å². The maximum absolute atomic E-state index is 15.2. The van der Waals surface area contributed by atoms with Crippen molar-refractivity contribution in [2.45, 2.75) is 96.8 Å². The van der Waals surface area contributed by atoms with E-state index in [9.17, 15) is 8.78 Å². The summed E-state index contributed by atoms with van der Waals surface area (Å²) in [5.41, 5.74) is 1.66. The number of unbranched alkanes of at least 4 members (excludes halogenated alkanes) is 5. The van der Waals surface area contributed by atoms with Gasteiger partial charge in [-0.3, -0.25) is 0 Å². The zero-order valence-corrected chi connectivity index (χ0v) is 23.9. The lowest BCUT2D eigenvalue weighted by molar-refractivity contribution is 0.285. The molecule has 0 spiro atoms. The Bertz CT molecular complexity index is 1230. The Morgan fingerprint density at radius 1 is 0.600 bits per heavy atom. The van der Waals surface area contributed by atoms with Crippen LogP contribution in [-0.4, -0.2) is 6.61 Å². The third-order valence-electron chi connectivity index (χ3n) is 8.42. The molecule has 1 saturated carbocycles. The van der Waals surface area contributed by atoms with E-state index in [1.54, 1.807) is 36.4 Å². The minimum absolute atomic E-state index is 0.0505. The molecule has 1 nitrogen and oxygen atoms in total. The Morgan fingerprint density at radius 2 is 1.18 bits per heavy atom. The second-order valence-electron chi connectivity index (χ2n) is 11.3. The molecule has 216 valence electrons. The maximum Gasteiger partial charge on any atom is 0.201 e. The van der Waals surface area contributed by atoms with Crippen molar-refractivity contribution in [1.29, 1.82) is 0 Å². The van der Waals surface area contributed by atoms with Gasteiger partial charge >= 0.3 is 0 Å². The molecular weight excluding hydrogens is 512 g/mol. The largest absolute Gasteiger partial charge is 0.490 e. The molecule has 0 atom stereocenters. The highest BCUT2D eigenvalue weighted by Gasteiger charge is 2.26. The molecule has 0 heterocycles. The average Bonchev–Trinajstić information content (AvgIpc) is 2.97. The van der Waals surface area contributed by atoms with Gasteiger partial charge in [0.1, 0.15) is 0 Å². The van der Waals surface area contributed by atoms with Crippen LogP contribution in [0.1, 0.15) is 102 Å². The number of hydrogen-bond acceptors (Lipinski definition) is 1. The van der Waals surface area contributed by atoms with Crippen molar-refractivity contribution in [2.75, 3.05) is 6.61 Å². The van der Waals surface area contributed by atoms with Crippen molar-refractivity contribution in [3.63, 3.8) is 0 Å². The van der Waals surface area contributed by atoms with Crippen molar-refractivity contribution in [2.24, 2.45) is 5.92 Å². The maximum atomic E-state index is 15.2. The van der Waals surface area contributed by atoms with Gasteiger partial charge in [-0.1, -0.05) is 95.2 Å². The number of rotatable bonds is 13. The highest BCUT2D eigenvalue weighted by molar-refractivity contribution is 5.72. The summed E-state index contributed by atoms with van der Waals surface area (Å²) in [4.78, 5) is 0. The zero-order chi connectivity index (χ0) is 28.5. The molecule has 1 aliphatic rings. The van der Waals surface area contributed by atoms with E-state index in [0.29, 0.717) is 29.2 Å². The van der Waals surface area contributed by atoms with Gasteiger partial charge in [0, 0.05) is 11.1 Å². The summed E-state index contributed by atoms with van der Waals surface area (Å²) in [5.74, 6) is -2.98. The molecule has 0 N–H and O–H groups in total. The summed E-state index contributed by atoms with van der Waals surface area (Å²) in [6.07, 6.45) is 12.8. The van der Waals surface area contributed by atoms with Gasteiger partial charge in [-0.2, -0.15) is 4.39 Å². The predicted molar refractivity (Wildman–Crippen MR) is 156 cm³/mol. The minimum atomic E-state index is -1.02. The van der Waals surface area contributed by atoms with E-state index in [0.717, 1.165) is 51.4 Å². The molecule has 5 heteroatoms. The van der Waals surface area contributed by atoms with Gasteiger partial charge in [0.15, 0.2) is 23.2 Å². The van der Waals surface area contributed by atoms with Gasteiger partial charge in [-0.25, -0.2) is 13.2 Å². The van der Waals surface area contributed by atoms with Crippen molar-refractivity contribution in [3.8, 4) is 28.0 Å². The predicted octanol–water partition coefficient (Wildman–Crippen LogP) is 11.4. The highest BCUT2D eigenvalue weighted by atomic mass is 19.2. The summed E-state index contributed by atoms with van der Waals surface area (Å²) in [7, 11) is 0. The number of hydrogen-bond donors (Lipinski definition) is 0. The van der Waals surface area contributed by atoms with E-state index in [4.69, 9.17) is 4.74 Å². The Balaban J connectivity index is 1.43. The van der Waals surface area contributed by atoms with Crippen molar-refractivity contribution in [3.05, 3.63) is 77.4 Å². The Kier molecular flexibility index (Phi) is 11.1. The number of benzene rings is 3. The lowest BCUT2D eigenvalue weighted by Crippen LogP contribution is -2.15. The van der Waals surface area contributed by atoms with E-state index in [1.165, 1.54) is 37.8 Å². The van der Waals surface area contributed by atoms with Gasteiger partial charge in [0.2, 0.25) is 5.82 Å². The zero-order valence-electron chi connectivity index (χ0n) is 23.9. The van der Waals surface area contributed by atoms with E-state index in [-0.39, 0.29) is 22.8 Å². The molecule has 0 saturated heterocycles. The molecule has 0 aliphatic heterocycles. The third kappa shape index (κ3) is 7.27. The molecule has 3 aromatic rings. The summed E-state index contributed by atoms with van der Waals surface area (Å²) in [5, 5.41) is 0. The van der Waals surface area contributed by atoms with Crippen LogP contribution in [0.2, 0.25) is 0 Å². The van der Waals surface area contributed by atoms with Crippen LogP contribution < -0.4 is 4.74 Å². The summed E-state index contributed by atoms with van der Waals surface area (Å²) >= 11 is 0. The normalized spacial score (nSPS) is 17.2. The molecule has 0 radical (unpaired) electrons. The Hall–Kier alpha value is -2.82.